The van der Waals surface area contributed by atoms with Crippen LogP contribution < -0.4 is 9.47 Å². The van der Waals surface area contributed by atoms with Gasteiger partial charge < -0.3 is 18.9 Å². The Balaban J connectivity index is 2.35. The summed E-state index contributed by atoms with van der Waals surface area (Å²) in [5.41, 5.74) is 3.01. The lowest BCUT2D eigenvalue weighted by Crippen LogP contribution is -2.32. The number of hydrogen-bond acceptors (Lipinski definition) is 10. The number of rotatable bonds is 10. The van der Waals surface area contributed by atoms with Crippen LogP contribution in [0.15, 0.2) is 30.9 Å². The van der Waals surface area contributed by atoms with Crippen molar-refractivity contribution < 1.29 is 38.1 Å². The average molecular weight is 499 g/mol. The number of ether oxygens (including phenoxy) is 4. The lowest BCUT2D eigenvalue weighted by molar-refractivity contribution is -0.170. The average Bonchev–Trinajstić information content (AvgIpc) is 2.76. The normalized spacial score (nSPS) is 12.2. The summed E-state index contributed by atoms with van der Waals surface area (Å²) in [4.78, 5) is 56.8. The van der Waals surface area contributed by atoms with Crippen molar-refractivity contribution in [1.29, 1.82) is 0 Å². The van der Waals surface area contributed by atoms with E-state index in [-0.39, 0.29) is 24.3 Å². The van der Waals surface area contributed by atoms with Crippen LogP contribution in [0.2, 0.25) is 0 Å². The molecule has 0 radical (unpaired) electrons. The third-order valence-electron chi connectivity index (χ3n) is 4.97. The van der Waals surface area contributed by atoms with E-state index in [4.69, 9.17) is 18.9 Å². The fraction of sp³-hybridized carbons (Fsp3) is 0.385. The summed E-state index contributed by atoms with van der Waals surface area (Å²) in [5, 5.41) is 0. The van der Waals surface area contributed by atoms with Crippen LogP contribution in [-0.4, -0.2) is 39.9 Å². The van der Waals surface area contributed by atoms with Crippen molar-refractivity contribution in [2.75, 3.05) is 0 Å². The van der Waals surface area contributed by atoms with E-state index in [1.54, 1.807) is 26.0 Å². The molecule has 0 N–H and O–H groups in total. The van der Waals surface area contributed by atoms with Gasteiger partial charge in [0.2, 0.25) is 6.10 Å². The zero-order valence-electron chi connectivity index (χ0n) is 21.2. The minimum absolute atomic E-state index is 0.0179. The molecule has 0 bridgehead atoms. The number of hydrogen-bond donors (Lipinski definition) is 0. The summed E-state index contributed by atoms with van der Waals surface area (Å²) in [6, 6.07) is 4.39. The number of carbonyl (C=O) groups is 4. The number of aromatic nitrogens is 2. The SMILES string of the molecule is C=CCC(OC(=O)[C@@H](Cc1ccc(OC(C)=O)c(OC(C)=O)c1)OC(C)=O)c1nc(C)c(C)nc1C. The molecule has 0 fully saturated rings. The first-order valence-electron chi connectivity index (χ1n) is 11.2. The van der Waals surface area contributed by atoms with Gasteiger partial charge in [-0.3, -0.25) is 24.4 Å². The molecule has 0 amide bonds. The van der Waals surface area contributed by atoms with Gasteiger partial charge >= 0.3 is 23.9 Å². The molecule has 1 unspecified atom stereocenters. The second-order valence-electron chi connectivity index (χ2n) is 8.09. The Hall–Kier alpha value is -4.08. The summed E-state index contributed by atoms with van der Waals surface area (Å²) < 4.78 is 21.2. The van der Waals surface area contributed by atoms with Gasteiger partial charge in [-0.1, -0.05) is 12.1 Å². The first kappa shape index (κ1) is 28.2. The highest BCUT2D eigenvalue weighted by atomic mass is 16.6. The number of benzene rings is 1. The number of carbonyl (C=O) groups excluding carboxylic acids is 4. The third kappa shape index (κ3) is 8.00. The Bertz CT molecular complexity index is 1170. The van der Waals surface area contributed by atoms with Crippen molar-refractivity contribution in [2.24, 2.45) is 0 Å². The molecule has 2 rings (SSSR count). The first-order valence-corrected chi connectivity index (χ1v) is 11.2. The Morgan fingerprint density at radius 1 is 0.861 bits per heavy atom. The minimum atomic E-state index is -1.31. The van der Waals surface area contributed by atoms with Crippen LogP contribution in [0.1, 0.15) is 61.6 Å². The van der Waals surface area contributed by atoms with Crippen LogP contribution in [0.4, 0.5) is 0 Å². The fourth-order valence-corrected chi connectivity index (χ4v) is 3.36. The molecule has 0 saturated heterocycles. The van der Waals surface area contributed by atoms with Gasteiger partial charge in [0.1, 0.15) is 11.8 Å². The Morgan fingerprint density at radius 3 is 2.06 bits per heavy atom. The van der Waals surface area contributed by atoms with Crippen molar-refractivity contribution in [1.82, 2.24) is 9.97 Å². The molecule has 36 heavy (non-hydrogen) atoms. The monoisotopic (exact) mass is 498 g/mol. The molecule has 1 aromatic heterocycles. The quantitative estimate of drug-likeness (QED) is 0.272. The summed E-state index contributed by atoms with van der Waals surface area (Å²) in [7, 11) is 0. The molecule has 1 aromatic carbocycles. The zero-order valence-corrected chi connectivity index (χ0v) is 21.2. The molecule has 10 heteroatoms. The van der Waals surface area contributed by atoms with E-state index in [2.05, 4.69) is 16.5 Å². The second-order valence-corrected chi connectivity index (χ2v) is 8.09. The van der Waals surface area contributed by atoms with Crippen LogP contribution in [0, 0.1) is 20.8 Å². The highest BCUT2D eigenvalue weighted by molar-refractivity contribution is 5.79. The number of esters is 4. The number of nitrogens with zero attached hydrogens (tertiary/aromatic N) is 2. The molecule has 2 atom stereocenters. The highest BCUT2D eigenvalue weighted by Crippen LogP contribution is 2.30. The molecule has 2 aromatic rings. The largest absolute Gasteiger partial charge is 0.453 e. The van der Waals surface area contributed by atoms with Crippen LogP contribution in [0.3, 0.4) is 0 Å². The highest BCUT2D eigenvalue weighted by Gasteiger charge is 2.29. The van der Waals surface area contributed by atoms with Crippen molar-refractivity contribution in [3.63, 3.8) is 0 Å². The van der Waals surface area contributed by atoms with Crippen LogP contribution in [0.5, 0.6) is 11.5 Å². The lowest BCUT2D eigenvalue weighted by atomic mass is 10.1. The van der Waals surface area contributed by atoms with Gasteiger partial charge in [0.25, 0.3) is 0 Å². The molecule has 0 spiro atoms. The fourth-order valence-electron chi connectivity index (χ4n) is 3.36. The van der Waals surface area contributed by atoms with E-state index in [0.29, 0.717) is 22.6 Å². The molecule has 0 saturated carbocycles. The Labute approximate surface area is 209 Å². The molecule has 192 valence electrons. The topological polar surface area (TPSA) is 131 Å². The summed E-state index contributed by atoms with van der Waals surface area (Å²) in [5.74, 6) is -2.70. The smallest absolute Gasteiger partial charge is 0.348 e. The van der Waals surface area contributed by atoms with Gasteiger partial charge in [0.05, 0.1) is 17.1 Å². The second kappa shape index (κ2) is 12.6. The van der Waals surface area contributed by atoms with Gasteiger partial charge in [-0.05, 0) is 38.5 Å². The van der Waals surface area contributed by atoms with E-state index < -0.39 is 36.1 Å². The first-order chi connectivity index (χ1) is 16.9. The van der Waals surface area contributed by atoms with E-state index in [0.717, 1.165) is 5.69 Å². The molecule has 1 heterocycles. The predicted octanol–water partition coefficient (Wildman–Crippen LogP) is 3.59. The maximum absolute atomic E-state index is 13.1. The van der Waals surface area contributed by atoms with E-state index in [9.17, 15) is 19.2 Å². The van der Waals surface area contributed by atoms with Gasteiger partial charge in [-0.15, -0.1) is 6.58 Å². The maximum Gasteiger partial charge on any atom is 0.348 e. The van der Waals surface area contributed by atoms with Crippen LogP contribution >= 0.6 is 0 Å². The Morgan fingerprint density at radius 2 is 1.47 bits per heavy atom. The van der Waals surface area contributed by atoms with Crippen molar-refractivity contribution >= 4 is 23.9 Å². The molecule has 10 nitrogen and oxygen atoms in total. The Kier molecular flexibility index (Phi) is 9.83. The van der Waals surface area contributed by atoms with E-state index >= 15 is 0 Å². The molecular weight excluding hydrogens is 468 g/mol. The summed E-state index contributed by atoms with van der Waals surface area (Å²) >= 11 is 0. The van der Waals surface area contributed by atoms with E-state index in [1.165, 1.54) is 32.9 Å². The molecule has 0 aliphatic heterocycles. The lowest BCUT2D eigenvalue weighted by Gasteiger charge is -2.22. The van der Waals surface area contributed by atoms with Crippen molar-refractivity contribution in [3.05, 3.63) is 59.2 Å². The van der Waals surface area contributed by atoms with Gasteiger partial charge in [-0.2, -0.15) is 0 Å². The standard InChI is InChI=1S/C26H30N2O8/c1-8-9-22(25-16(4)27-14(2)15(3)28-25)36-26(32)24(35-19(7)31)13-20-10-11-21(33-17(5)29)23(12-20)34-18(6)30/h8,10-12,22,24H,1,9,13H2,2-7H3/t22?,24-/m1/s1. The minimum Gasteiger partial charge on any atom is -0.453 e. The summed E-state index contributed by atoms with van der Waals surface area (Å²) in [6.45, 7) is 12.7. The number of aryl methyl sites for hydroxylation is 3. The molecule has 0 aliphatic carbocycles. The summed E-state index contributed by atoms with van der Waals surface area (Å²) in [6.07, 6.45) is -0.327. The van der Waals surface area contributed by atoms with Crippen molar-refractivity contribution in [2.45, 2.75) is 66.6 Å². The predicted molar refractivity (Wildman–Crippen MR) is 128 cm³/mol. The maximum atomic E-state index is 13.1. The molecular formula is C26H30N2O8. The van der Waals surface area contributed by atoms with Gasteiger partial charge in [-0.25, -0.2) is 4.79 Å². The van der Waals surface area contributed by atoms with Crippen LogP contribution in [0.25, 0.3) is 0 Å². The zero-order chi connectivity index (χ0) is 27.0. The van der Waals surface area contributed by atoms with E-state index in [1.807, 2.05) is 6.92 Å². The third-order valence-corrected chi connectivity index (χ3v) is 4.97. The van der Waals surface area contributed by atoms with Crippen molar-refractivity contribution in [3.8, 4) is 11.5 Å². The van der Waals surface area contributed by atoms with Gasteiger partial charge in [0.15, 0.2) is 11.5 Å². The van der Waals surface area contributed by atoms with Crippen LogP contribution in [-0.2, 0) is 35.1 Å². The van der Waals surface area contributed by atoms with Gasteiger partial charge in [0, 0.05) is 33.6 Å². The molecule has 0 aliphatic rings.